The maximum Gasteiger partial charge on any atom is 0.163 e. The number of aryl methyl sites for hydroxylation is 2. The summed E-state index contributed by atoms with van der Waals surface area (Å²) in [5.74, 6) is 3.11. The molecule has 3 aromatic heterocycles. The normalized spacial score (nSPS) is 12.7. The Morgan fingerprint density at radius 3 is 2.62 bits per heavy atom. The number of fused-ring (bicyclic) bond motifs is 1. The summed E-state index contributed by atoms with van der Waals surface area (Å²) in [6, 6.07) is 8.34. The molecule has 1 atom stereocenters. The lowest BCUT2D eigenvalue weighted by atomic mass is 9.88. The summed E-state index contributed by atoms with van der Waals surface area (Å²) in [4.78, 5) is 14.3. The molecule has 0 saturated carbocycles. The van der Waals surface area contributed by atoms with E-state index < -0.39 is 0 Å². The molecule has 178 valence electrons. The molecule has 0 bridgehead atoms. The first-order valence-corrected chi connectivity index (χ1v) is 11.7. The van der Waals surface area contributed by atoms with Crippen LogP contribution in [0.2, 0.25) is 0 Å². The average molecular weight is 460 g/mol. The quantitative estimate of drug-likeness (QED) is 0.417. The molecule has 1 N–H and O–H groups in total. The monoisotopic (exact) mass is 459 g/mol. The van der Waals surface area contributed by atoms with Gasteiger partial charge in [-0.25, -0.2) is 15.0 Å². The van der Waals surface area contributed by atoms with Gasteiger partial charge in [0.15, 0.2) is 11.6 Å². The molecule has 0 fully saturated rings. The Kier molecular flexibility index (Phi) is 6.50. The highest BCUT2D eigenvalue weighted by molar-refractivity contribution is 5.88. The summed E-state index contributed by atoms with van der Waals surface area (Å²) >= 11 is 0. The third-order valence-electron chi connectivity index (χ3n) is 6.08. The molecule has 0 aliphatic rings. The van der Waals surface area contributed by atoms with Gasteiger partial charge in [-0.2, -0.15) is 0 Å². The molecule has 1 aromatic carbocycles. The molecule has 0 radical (unpaired) electrons. The Bertz CT molecular complexity index is 1310. The number of aromatic nitrogens is 6. The van der Waals surface area contributed by atoms with Crippen LogP contribution in [0.15, 0.2) is 36.8 Å². The molecule has 4 aromatic rings. The van der Waals surface area contributed by atoms with Crippen LogP contribution in [0.25, 0.3) is 22.3 Å². The van der Waals surface area contributed by atoms with Gasteiger partial charge in [0.1, 0.15) is 23.4 Å². The summed E-state index contributed by atoms with van der Waals surface area (Å²) in [6.45, 7) is 13.3. The highest BCUT2D eigenvalue weighted by Crippen LogP contribution is 2.29. The van der Waals surface area contributed by atoms with Crippen LogP contribution in [0.4, 0.5) is 5.82 Å². The number of hydrogen-bond acceptors (Lipinski definition) is 7. The topological polar surface area (TPSA) is 90.6 Å². The van der Waals surface area contributed by atoms with Crippen molar-refractivity contribution in [2.24, 2.45) is 12.5 Å². The van der Waals surface area contributed by atoms with Crippen LogP contribution in [0.3, 0.4) is 0 Å². The van der Waals surface area contributed by atoms with E-state index >= 15 is 0 Å². The van der Waals surface area contributed by atoms with Crippen LogP contribution in [-0.2, 0) is 13.5 Å². The third kappa shape index (κ3) is 5.00. The van der Waals surface area contributed by atoms with E-state index in [0.717, 1.165) is 50.9 Å². The van der Waals surface area contributed by atoms with Crippen molar-refractivity contribution >= 4 is 16.7 Å². The maximum absolute atomic E-state index is 5.97. The van der Waals surface area contributed by atoms with Crippen molar-refractivity contribution in [1.29, 1.82) is 0 Å². The van der Waals surface area contributed by atoms with Crippen LogP contribution >= 0.6 is 0 Å². The molecule has 34 heavy (non-hydrogen) atoms. The minimum absolute atomic E-state index is 0.0878. The van der Waals surface area contributed by atoms with Crippen molar-refractivity contribution in [3.8, 4) is 17.1 Å². The summed E-state index contributed by atoms with van der Waals surface area (Å²) in [5, 5.41) is 12.7. The van der Waals surface area contributed by atoms with Crippen molar-refractivity contribution in [1.82, 2.24) is 29.7 Å². The zero-order valence-corrected chi connectivity index (χ0v) is 21.0. The molecular weight excluding hydrogens is 426 g/mol. The SMILES string of the molecule is CCOc1cc(-c2nncn2C)ccc1Cc1ncc2cc(C)nc(N[C@H](C)C(C)(C)C)c2n1. The van der Waals surface area contributed by atoms with Crippen LogP contribution in [0.5, 0.6) is 5.75 Å². The van der Waals surface area contributed by atoms with E-state index in [1.54, 1.807) is 6.33 Å². The second kappa shape index (κ2) is 9.37. The molecule has 0 spiro atoms. The Balaban J connectivity index is 1.70. The largest absolute Gasteiger partial charge is 0.494 e. The Morgan fingerprint density at radius 2 is 1.94 bits per heavy atom. The first-order valence-electron chi connectivity index (χ1n) is 11.7. The van der Waals surface area contributed by atoms with E-state index in [4.69, 9.17) is 14.7 Å². The van der Waals surface area contributed by atoms with Gasteiger partial charge >= 0.3 is 0 Å². The molecule has 8 nitrogen and oxygen atoms in total. The smallest absolute Gasteiger partial charge is 0.163 e. The van der Waals surface area contributed by atoms with E-state index in [2.05, 4.69) is 54.3 Å². The number of hydrogen-bond donors (Lipinski definition) is 1. The zero-order valence-electron chi connectivity index (χ0n) is 21.0. The standard InChI is InChI=1S/C26H33N7O/c1-8-34-21-12-19(25-32-28-15-33(25)7)10-9-18(21)13-22-27-14-20-11-16(2)29-24(23(20)31-22)30-17(3)26(4,5)6/h9-12,14-15,17H,8,13H2,1-7H3,(H,29,30)/t17-/m1/s1. The van der Waals surface area contributed by atoms with E-state index in [1.165, 1.54) is 0 Å². The van der Waals surface area contributed by atoms with Crippen LogP contribution in [0.1, 0.15) is 51.7 Å². The predicted octanol–water partition coefficient (Wildman–Crippen LogP) is 4.96. The fourth-order valence-corrected chi connectivity index (χ4v) is 3.66. The van der Waals surface area contributed by atoms with Crippen molar-refractivity contribution in [3.05, 3.63) is 53.9 Å². The number of ether oxygens (including phenoxy) is 1. The lowest BCUT2D eigenvalue weighted by Gasteiger charge is -2.29. The van der Waals surface area contributed by atoms with Crippen LogP contribution < -0.4 is 10.1 Å². The molecule has 0 unspecified atom stereocenters. The van der Waals surface area contributed by atoms with Gasteiger partial charge in [-0.05, 0) is 38.3 Å². The van der Waals surface area contributed by atoms with E-state index in [9.17, 15) is 0 Å². The van der Waals surface area contributed by atoms with E-state index in [1.807, 2.05) is 49.9 Å². The number of nitrogens with zero attached hydrogens (tertiary/aromatic N) is 6. The number of rotatable bonds is 7. The zero-order chi connectivity index (χ0) is 24.5. The number of nitrogens with one attached hydrogen (secondary N) is 1. The van der Waals surface area contributed by atoms with Gasteiger partial charge in [0.2, 0.25) is 0 Å². The van der Waals surface area contributed by atoms with E-state index in [0.29, 0.717) is 13.0 Å². The fraction of sp³-hybridized carbons (Fsp3) is 0.423. The first-order chi connectivity index (χ1) is 16.2. The van der Waals surface area contributed by atoms with Crippen molar-refractivity contribution < 1.29 is 4.74 Å². The average Bonchev–Trinajstić information content (AvgIpc) is 3.20. The summed E-state index contributed by atoms with van der Waals surface area (Å²) in [6.07, 6.45) is 4.12. The summed E-state index contributed by atoms with van der Waals surface area (Å²) in [5.41, 5.74) is 3.83. The Morgan fingerprint density at radius 1 is 1.15 bits per heavy atom. The van der Waals surface area contributed by atoms with E-state index in [-0.39, 0.29) is 11.5 Å². The van der Waals surface area contributed by atoms with Gasteiger partial charge in [0.05, 0.1) is 6.61 Å². The molecule has 0 amide bonds. The molecule has 0 aliphatic carbocycles. The molecule has 0 saturated heterocycles. The molecule has 0 aliphatic heterocycles. The molecule has 3 heterocycles. The highest BCUT2D eigenvalue weighted by atomic mass is 16.5. The lowest BCUT2D eigenvalue weighted by Crippen LogP contribution is -2.31. The van der Waals surface area contributed by atoms with Crippen molar-refractivity contribution in [2.75, 3.05) is 11.9 Å². The third-order valence-corrected chi connectivity index (χ3v) is 6.08. The molecule has 8 heteroatoms. The Labute approximate surface area is 200 Å². The van der Waals surface area contributed by atoms with Gasteiger partial charge in [-0.1, -0.05) is 32.9 Å². The Hall–Kier alpha value is -3.55. The van der Waals surface area contributed by atoms with Gasteiger partial charge in [-0.15, -0.1) is 10.2 Å². The maximum atomic E-state index is 5.97. The van der Waals surface area contributed by atoms with Crippen molar-refractivity contribution in [2.45, 2.75) is 54.0 Å². The van der Waals surface area contributed by atoms with Crippen LogP contribution in [0, 0.1) is 12.3 Å². The number of pyridine rings is 1. The minimum atomic E-state index is 0.0878. The molecular formula is C26H33N7O. The van der Waals surface area contributed by atoms with Crippen LogP contribution in [-0.4, -0.2) is 42.4 Å². The van der Waals surface area contributed by atoms with Gasteiger partial charge in [-0.3, -0.25) is 0 Å². The minimum Gasteiger partial charge on any atom is -0.494 e. The van der Waals surface area contributed by atoms with Gasteiger partial charge < -0.3 is 14.6 Å². The number of benzene rings is 1. The fourth-order valence-electron chi connectivity index (χ4n) is 3.66. The van der Waals surface area contributed by atoms with Gasteiger partial charge in [0.25, 0.3) is 0 Å². The second-order valence-electron chi connectivity index (χ2n) is 9.77. The first kappa shape index (κ1) is 23.6. The second-order valence-corrected chi connectivity index (χ2v) is 9.77. The van der Waals surface area contributed by atoms with Gasteiger partial charge in [0, 0.05) is 47.9 Å². The predicted molar refractivity (Wildman–Crippen MR) is 135 cm³/mol. The number of anilines is 1. The lowest BCUT2D eigenvalue weighted by molar-refractivity contribution is 0.337. The van der Waals surface area contributed by atoms with Crippen molar-refractivity contribution in [3.63, 3.8) is 0 Å². The highest BCUT2D eigenvalue weighted by Gasteiger charge is 2.22. The summed E-state index contributed by atoms with van der Waals surface area (Å²) < 4.78 is 7.86. The molecule has 4 rings (SSSR count). The summed E-state index contributed by atoms with van der Waals surface area (Å²) in [7, 11) is 1.93.